The first-order chi connectivity index (χ1) is 15.1. The minimum Gasteiger partial charge on any atom is -0.469 e. The highest BCUT2D eigenvalue weighted by molar-refractivity contribution is 5.69. The van der Waals surface area contributed by atoms with Gasteiger partial charge in [0.2, 0.25) is 0 Å². The SMILES string of the molecule is COC(=O)CC[C@H](C)[C@@H]1CC[C@@H]2[C@@H]3CC[C@@H]4C[C@H](OC(C)=O)CC[C@]4(C)[C@@H]3[C@H](O)C[C@]21C. The molecule has 0 bridgehead atoms. The summed E-state index contributed by atoms with van der Waals surface area (Å²) in [7, 11) is 1.47. The maximum absolute atomic E-state index is 11.7. The number of rotatable bonds is 5. The van der Waals surface area contributed by atoms with Crippen LogP contribution in [-0.2, 0) is 19.1 Å². The molecular weight excluding hydrogens is 404 g/mol. The number of aliphatic hydroxyl groups excluding tert-OH is 1. The number of ether oxygens (including phenoxy) is 2. The molecule has 0 aromatic carbocycles. The summed E-state index contributed by atoms with van der Waals surface area (Å²) in [4.78, 5) is 23.2. The molecule has 4 aliphatic rings. The van der Waals surface area contributed by atoms with Gasteiger partial charge in [-0.3, -0.25) is 9.59 Å². The molecule has 4 rings (SSSR count). The third-order valence-electron chi connectivity index (χ3n) is 10.7. The molecule has 4 aliphatic carbocycles. The first-order valence-electron chi connectivity index (χ1n) is 13.0. The van der Waals surface area contributed by atoms with Crippen molar-refractivity contribution in [3.8, 4) is 0 Å². The molecule has 10 atom stereocenters. The molecule has 0 spiro atoms. The predicted octanol–water partition coefficient (Wildman–Crippen LogP) is 5.14. The third kappa shape index (κ3) is 4.01. The molecule has 4 saturated carbocycles. The second kappa shape index (κ2) is 8.92. The first kappa shape index (κ1) is 24.0. The van der Waals surface area contributed by atoms with E-state index in [-0.39, 0.29) is 35.0 Å². The van der Waals surface area contributed by atoms with Crippen molar-refractivity contribution in [2.75, 3.05) is 7.11 Å². The number of hydrogen-bond donors (Lipinski definition) is 1. The summed E-state index contributed by atoms with van der Waals surface area (Å²) in [6, 6.07) is 0. The van der Waals surface area contributed by atoms with Crippen molar-refractivity contribution in [2.45, 2.75) is 104 Å². The van der Waals surface area contributed by atoms with E-state index in [0.717, 1.165) is 32.1 Å². The van der Waals surface area contributed by atoms with Gasteiger partial charge in [0.1, 0.15) is 6.10 Å². The van der Waals surface area contributed by atoms with Crippen LogP contribution in [0.3, 0.4) is 0 Å². The molecule has 0 unspecified atom stereocenters. The van der Waals surface area contributed by atoms with Gasteiger partial charge in [-0.2, -0.15) is 0 Å². The van der Waals surface area contributed by atoms with Crippen molar-refractivity contribution in [2.24, 2.45) is 46.3 Å². The fraction of sp³-hybridized carbons (Fsp3) is 0.926. The van der Waals surface area contributed by atoms with E-state index in [1.807, 2.05) is 0 Å². The van der Waals surface area contributed by atoms with E-state index in [9.17, 15) is 14.7 Å². The van der Waals surface area contributed by atoms with Gasteiger partial charge in [0.25, 0.3) is 0 Å². The van der Waals surface area contributed by atoms with Crippen molar-refractivity contribution >= 4 is 11.9 Å². The zero-order chi connectivity index (χ0) is 23.3. The third-order valence-corrected chi connectivity index (χ3v) is 10.7. The lowest BCUT2D eigenvalue weighted by atomic mass is 9.43. The van der Waals surface area contributed by atoms with Crippen LogP contribution in [0.15, 0.2) is 0 Å². The van der Waals surface area contributed by atoms with Gasteiger partial charge in [0.05, 0.1) is 13.2 Å². The monoisotopic (exact) mass is 448 g/mol. The Bertz CT molecular complexity index is 721. The summed E-state index contributed by atoms with van der Waals surface area (Å²) < 4.78 is 10.5. The Morgan fingerprint density at radius 2 is 1.84 bits per heavy atom. The average Bonchev–Trinajstić information content (AvgIpc) is 3.07. The Kier molecular flexibility index (Phi) is 6.70. The van der Waals surface area contributed by atoms with Crippen LogP contribution < -0.4 is 0 Å². The number of methoxy groups -OCH3 is 1. The topological polar surface area (TPSA) is 72.8 Å². The summed E-state index contributed by atoms with van der Waals surface area (Å²) in [6.45, 7) is 8.68. The van der Waals surface area contributed by atoms with Gasteiger partial charge >= 0.3 is 11.9 Å². The van der Waals surface area contributed by atoms with Crippen LogP contribution in [0.2, 0.25) is 0 Å². The Labute approximate surface area is 194 Å². The highest BCUT2D eigenvalue weighted by atomic mass is 16.5. The lowest BCUT2D eigenvalue weighted by Crippen LogP contribution is -2.59. The molecule has 0 heterocycles. The van der Waals surface area contributed by atoms with E-state index in [4.69, 9.17) is 9.47 Å². The summed E-state index contributed by atoms with van der Waals surface area (Å²) >= 11 is 0. The molecular formula is C27H44O5. The van der Waals surface area contributed by atoms with E-state index in [0.29, 0.717) is 41.9 Å². The van der Waals surface area contributed by atoms with Crippen LogP contribution in [-0.4, -0.2) is 36.4 Å². The fourth-order valence-electron chi connectivity index (χ4n) is 9.31. The lowest BCUT2D eigenvalue weighted by Gasteiger charge is -2.62. The van der Waals surface area contributed by atoms with E-state index < -0.39 is 0 Å². The minimum absolute atomic E-state index is 0.0552. The molecule has 5 nitrogen and oxygen atoms in total. The maximum Gasteiger partial charge on any atom is 0.305 e. The molecule has 1 N–H and O–H groups in total. The highest BCUT2D eigenvalue weighted by Gasteiger charge is 2.63. The molecule has 0 aliphatic heterocycles. The summed E-state index contributed by atoms with van der Waals surface area (Å²) in [6.07, 6.45) is 9.86. The van der Waals surface area contributed by atoms with Gasteiger partial charge in [-0.15, -0.1) is 0 Å². The van der Waals surface area contributed by atoms with Crippen molar-refractivity contribution in [3.05, 3.63) is 0 Å². The molecule has 0 saturated heterocycles. The Balaban J connectivity index is 1.50. The van der Waals surface area contributed by atoms with Gasteiger partial charge in [0, 0.05) is 13.3 Å². The number of fused-ring (bicyclic) bond motifs is 5. The first-order valence-corrected chi connectivity index (χ1v) is 13.0. The smallest absolute Gasteiger partial charge is 0.305 e. The average molecular weight is 449 g/mol. The zero-order valence-corrected chi connectivity index (χ0v) is 20.8. The van der Waals surface area contributed by atoms with Gasteiger partial charge in [-0.1, -0.05) is 20.8 Å². The summed E-state index contributed by atoms with van der Waals surface area (Å²) in [5.74, 6) is 2.92. The molecule has 0 amide bonds. The van der Waals surface area contributed by atoms with Crippen LogP contribution >= 0.6 is 0 Å². The maximum atomic E-state index is 11.7. The minimum atomic E-state index is -0.257. The Morgan fingerprint density at radius 3 is 2.53 bits per heavy atom. The molecule has 32 heavy (non-hydrogen) atoms. The van der Waals surface area contributed by atoms with Crippen LogP contribution in [0.25, 0.3) is 0 Å². The predicted molar refractivity (Wildman–Crippen MR) is 123 cm³/mol. The second-order valence-electron chi connectivity index (χ2n) is 12.1. The standard InChI is InChI=1S/C27H44O5/c1-16(6-11-24(30)31-5)21-9-10-22-20-8-7-18-14-19(32-17(2)28)12-13-26(18,3)25(20)23(29)15-27(21,22)4/h16,18-23,25,29H,6-15H2,1-5H3/t16-,18+,19+,20-,21-,22+,23+,25-,26-,27-/m0/s1. The highest BCUT2D eigenvalue weighted by Crippen LogP contribution is 2.68. The summed E-state index contributed by atoms with van der Waals surface area (Å²) in [5, 5.41) is 11.6. The number of carbonyl (C=O) groups is 2. The van der Waals surface area contributed by atoms with Crippen LogP contribution in [0, 0.1) is 46.3 Å². The van der Waals surface area contributed by atoms with Crippen molar-refractivity contribution in [3.63, 3.8) is 0 Å². The Morgan fingerprint density at radius 1 is 1.09 bits per heavy atom. The molecule has 0 radical (unpaired) electrons. The van der Waals surface area contributed by atoms with Crippen LogP contribution in [0.1, 0.15) is 91.9 Å². The molecule has 5 heteroatoms. The van der Waals surface area contributed by atoms with Crippen molar-refractivity contribution in [1.29, 1.82) is 0 Å². The van der Waals surface area contributed by atoms with Crippen LogP contribution in [0.4, 0.5) is 0 Å². The van der Waals surface area contributed by atoms with Crippen LogP contribution in [0.5, 0.6) is 0 Å². The molecule has 0 aromatic heterocycles. The zero-order valence-electron chi connectivity index (χ0n) is 20.8. The quantitative estimate of drug-likeness (QED) is 0.590. The van der Waals surface area contributed by atoms with Crippen molar-refractivity contribution < 1.29 is 24.2 Å². The Hall–Kier alpha value is -1.10. The number of aliphatic hydroxyl groups is 1. The van der Waals surface area contributed by atoms with Gasteiger partial charge in [-0.25, -0.2) is 0 Å². The van der Waals surface area contributed by atoms with E-state index in [1.165, 1.54) is 39.7 Å². The fourth-order valence-corrected chi connectivity index (χ4v) is 9.31. The summed E-state index contributed by atoms with van der Waals surface area (Å²) in [5.41, 5.74) is 0.309. The van der Waals surface area contributed by atoms with E-state index in [2.05, 4.69) is 20.8 Å². The lowest BCUT2D eigenvalue weighted by molar-refractivity contribution is -0.186. The normalized spacial score (nSPS) is 46.4. The number of esters is 2. The van der Waals surface area contributed by atoms with Gasteiger partial charge < -0.3 is 14.6 Å². The molecule has 182 valence electrons. The van der Waals surface area contributed by atoms with E-state index >= 15 is 0 Å². The van der Waals surface area contributed by atoms with Gasteiger partial charge in [-0.05, 0) is 104 Å². The molecule has 4 fully saturated rings. The van der Waals surface area contributed by atoms with Gasteiger partial charge in [0.15, 0.2) is 0 Å². The molecule has 0 aromatic rings. The second-order valence-corrected chi connectivity index (χ2v) is 12.1. The largest absolute Gasteiger partial charge is 0.469 e. The van der Waals surface area contributed by atoms with E-state index in [1.54, 1.807) is 0 Å². The van der Waals surface area contributed by atoms with Crippen molar-refractivity contribution in [1.82, 2.24) is 0 Å². The number of carbonyl (C=O) groups excluding carboxylic acids is 2. The number of hydrogen-bond acceptors (Lipinski definition) is 5.